The highest BCUT2D eigenvalue weighted by molar-refractivity contribution is 6.05. The number of piperidine rings is 1. The van der Waals surface area contributed by atoms with Crippen LogP contribution in [0.25, 0.3) is 22.0 Å². The number of pyridine rings is 1. The molecule has 1 saturated heterocycles. The number of carbonyl (C=O) groups excluding carboxylic acids is 2. The summed E-state index contributed by atoms with van der Waals surface area (Å²) in [7, 11) is 0. The summed E-state index contributed by atoms with van der Waals surface area (Å²) in [6.45, 7) is 13.0. The van der Waals surface area contributed by atoms with Gasteiger partial charge in [0, 0.05) is 53.9 Å². The zero-order valence-corrected chi connectivity index (χ0v) is 27.4. The smallest absolute Gasteiger partial charge is 0.410 e. The van der Waals surface area contributed by atoms with Gasteiger partial charge in [0.25, 0.3) is 0 Å². The zero-order chi connectivity index (χ0) is 32.6. The predicted molar refractivity (Wildman–Crippen MR) is 179 cm³/mol. The van der Waals surface area contributed by atoms with Gasteiger partial charge >= 0.3 is 6.09 Å². The second-order valence-corrected chi connectivity index (χ2v) is 14.0. The number of likely N-dealkylation sites (tertiary alicyclic amines) is 1. The molecule has 10 heteroatoms. The normalized spacial score (nSPS) is 19.0. The molecule has 0 bridgehead atoms. The van der Waals surface area contributed by atoms with Crippen LogP contribution in [0.15, 0.2) is 60.9 Å². The van der Waals surface area contributed by atoms with E-state index in [9.17, 15) is 9.59 Å². The van der Waals surface area contributed by atoms with Gasteiger partial charge in [-0.2, -0.15) is 0 Å². The molecule has 6 rings (SSSR count). The minimum absolute atomic E-state index is 0.0138. The van der Waals surface area contributed by atoms with Crippen LogP contribution in [0.4, 0.5) is 16.4 Å². The Hall–Kier alpha value is -4.73. The third-order valence-electron chi connectivity index (χ3n) is 8.60. The van der Waals surface area contributed by atoms with E-state index < -0.39 is 5.60 Å². The van der Waals surface area contributed by atoms with Crippen molar-refractivity contribution in [2.45, 2.75) is 72.4 Å². The zero-order valence-electron chi connectivity index (χ0n) is 27.4. The first-order valence-electron chi connectivity index (χ1n) is 15.9. The van der Waals surface area contributed by atoms with E-state index in [-0.39, 0.29) is 29.4 Å². The van der Waals surface area contributed by atoms with Crippen LogP contribution < -0.4 is 15.4 Å². The van der Waals surface area contributed by atoms with Crippen LogP contribution >= 0.6 is 0 Å². The van der Waals surface area contributed by atoms with Crippen molar-refractivity contribution in [3.63, 3.8) is 0 Å². The van der Waals surface area contributed by atoms with Crippen LogP contribution in [0.2, 0.25) is 0 Å². The fourth-order valence-electron chi connectivity index (χ4n) is 5.93. The molecule has 46 heavy (non-hydrogen) atoms. The molecule has 2 aliphatic rings. The van der Waals surface area contributed by atoms with Crippen molar-refractivity contribution >= 4 is 34.4 Å². The molecule has 4 aromatic rings. The van der Waals surface area contributed by atoms with Crippen LogP contribution in [0.5, 0.6) is 11.6 Å². The Balaban J connectivity index is 1.23. The molecule has 1 unspecified atom stereocenters. The molecule has 2 atom stereocenters. The van der Waals surface area contributed by atoms with E-state index in [1.807, 2.05) is 76.2 Å². The summed E-state index contributed by atoms with van der Waals surface area (Å²) in [5, 5.41) is 8.33. The summed E-state index contributed by atoms with van der Waals surface area (Å²) < 4.78 is 12.1. The average molecular weight is 623 g/mol. The number of ether oxygens (including phenoxy) is 2. The van der Waals surface area contributed by atoms with Gasteiger partial charge in [-0.25, -0.2) is 19.7 Å². The summed E-state index contributed by atoms with van der Waals surface area (Å²) in [5.41, 5.74) is 2.56. The maximum atomic E-state index is 12.9. The summed E-state index contributed by atoms with van der Waals surface area (Å²) in [5.74, 6) is 1.60. The molecule has 10 nitrogen and oxygen atoms in total. The number of hydrogen-bond donors (Lipinski definition) is 2. The second kappa shape index (κ2) is 12.2. The van der Waals surface area contributed by atoms with Gasteiger partial charge in [-0.05, 0) is 82.2 Å². The van der Waals surface area contributed by atoms with E-state index in [1.165, 1.54) is 0 Å². The Kier molecular flexibility index (Phi) is 8.31. The first kappa shape index (κ1) is 31.3. The van der Waals surface area contributed by atoms with E-state index in [0.717, 1.165) is 41.3 Å². The summed E-state index contributed by atoms with van der Waals surface area (Å²) >= 11 is 0. The van der Waals surface area contributed by atoms with Crippen molar-refractivity contribution in [3.8, 4) is 22.9 Å². The summed E-state index contributed by atoms with van der Waals surface area (Å²) in [4.78, 5) is 41.2. The van der Waals surface area contributed by atoms with Crippen molar-refractivity contribution in [2.75, 3.05) is 23.7 Å². The Bertz CT molecular complexity index is 1780. The highest BCUT2D eigenvalue weighted by atomic mass is 16.6. The number of fused-ring (bicyclic) bond motifs is 1. The first-order valence-corrected chi connectivity index (χ1v) is 15.9. The fraction of sp³-hybridized carbons (Fsp3) is 0.417. The van der Waals surface area contributed by atoms with Gasteiger partial charge in [0.15, 0.2) is 0 Å². The minimum Gasteiger partial charge on any atom is -0.444 e. The van der Waals surface area contributed by atoms with Crippen molar-refractivity contribution in [1.82, 2.24) is 19.9 Å². The Labute approximate surface area is 269 Å². The van der Waals surface area contributed by atoms with E-state index in [0.29, 0.717) is 41.9 Å². The Morgan fingerprint density at radius 2 is 1.80 bits per heavy atom. The minimum atomic E-state index is -0.547. The molecule has 1 aliphatic carbocycles. The maximum absolute atomic E-state index is 12.9. The standard InChI is InChI=1S/C36H42N6O4/c1-22-14-15-24-25(11-7-13-28(24)40-31(43)27-20-36(27,5)6)30(22)45-32-26(12-8-17-37-32)29-16-18-38-33(41-29)39-23-10-9-19-42(21-23)34(44)46-35(2,3)4/h7-8,11-18,23,27H,9-10,19-21H2,1-6H3,(H,40,43)(H,38,39,41)/t23?,27-/m1/s1. The van der Waals surface area contributed by atoms with Crippen LogP contribution in [-0.2, 0) is 9.53 Å². The summed E-state index contributed by atoms with van der Waals surface area (Å²) in [6, 6.07) is 15.4. The quantitative estimate of drug-likeness (QED) is 0.216. The number of aryl methyl sites for hydroxylation is 1. The van der Waals surface area contributed by atoms with Crippen LogP contribution in [0.1, 0.15) is 59.4 Å². The number of aromatic nitrogens is 3. The molecule has 2 aromatic carbocycles. The number of carbonyl (C=O) groups is 2. The maximum Gasteiger partial charge on any atom is 0.410 e. The molecule has 2 aromatic heterocycles. The monoisotopic (exact) mass is 622 g/mol. The summed E-state index contributed by atoms with van der Waals surface area (Å²) in [6.07, 6.45) is 5.72. The van der Waals surface area contributed by atoms with Gasteiger partial charge in [-0.1, -0.05) is 38.1 Å². The van der Waals surface area contributed by atoms with Crippen molar-refractivity contribution in [3.05, 3.63) is 66.5 Å². The van der Waals surface area contributed by atoms with Gasteiger partial charge in [-0.15, -0.1) is 0 Å². The van der Waals surface area contributed by atoms with Crippen molar-refractivity contribution in [2.24, 2.45) is 11.3 Å². The third kappa shape index (κ3) is 6.90. The van der Waals surface area contributed by atoms with Crippen LogP contribution in [0, 0.1) is 18.3 Å². The molecule has 0 spiro atoms. The number of hydrogen-bond acceptors (Lipinski definition) is 8. The molecule has 3 heterocycles. The molecule has 1 aliphatic heterocycles. The Morgan fingerprint density at radius 1 is 1.00 bits per heavy atom. The highest BCUT2D eigenvalue weighted by Gasteiger charge is 2.50. The number of nitrogens with one attached hydrogen (secondary N) is 2. The van der Waals surface area contributed by atoms with E-state index in [4.69, 9.17) is 14.5 Å². The van der Waals surface area contributed by atoms with Gasteiger partial charge < -0.3 is 25.0 Å². The topological polar surface area (TPSA) is 119 Å². The van der Waals surface area contributed by atoms with Crippen molar-refractivity contribution < 1.29 is 19.1 Å². The predicted octanol–water partition coefficient (Wildman–Crippen LogP) is 7.59. The van der Waals surface area contributed by atoms with E-state index in [2.05, 4.69) is 34.4 Å². The van der Waals surface area contributed by atoms with Gasteiger partial charge in [-0.3, -0.25) is 4.79 Å². The lowest BCUT2D eigenvalue weighted by Gasteiger charge is -2.34. The number of nitrogens with zero attached hydrogens (tertiary/aromatic N) is 4. The second-order valence-electron chi connectivity index (χ2n) is 14.0. The third-order valence-corrected chi connectivity index (χ3v) is 8.60. The first-order chi connectivity index (χ1) is 21.9. The van der Waals surface area contributed by atoms with Crippen LogP contribution in [0.3, 0.4) is 0 Å². The molecule has 2 N–H and O–H groups in total. The molecular weight excluding hydrogens is 580 g/mol. The lowest BCUT2D eigenvalue weighted by Crippen LogP contribution is -2.47. The molecule has 240 valence electrons. The average Bonchev–Trinajstić information content (AvgIpc) is 3.66. The van der Waals surface area contributed by atoms with E-state index in [1.54, 1.807) is 17.3 Å². The number of benzene rings is 2. The lowest BCUT2D eigenvalue weighted by atomic mass is 10.0. The molecular formula is C36H42N6O4. The van der Waals surface area contributed by atoms with Crippen molar-refractivity contribution in [1.29, 1.82) is 0 Å². The molecule has 2 fully saturated rings. The van der Waals surface area contributed by atoms with Gasteiger partial charge in [0.1, 0.15) is 11.4 Å². The molecule has 0 radical (unpaired) electrons. The number of rotatable bonds is 7. The number of anilines is 2. The van der Waals surface area contributed by atoms with Crippen LogP contribution in [-0.4, -0.2) is 56.6 Å². The Morgan fingerprint density at radius 3 is 2.57 bits per heavy atom. The molecule has 2 amide bonds. The largest absolute Gasteiger partial charge is 0.444 e. The fourth-order valence-corrected chi connectivity index (χ4v) is 5.93. The number of amides is 2. The van der Waals surface area contributed by atoms with Gasteiger partial charge in [0.05, 0.1) is 11.3 Å². The van der Waals surface area contributed by atoms with Gasteiger partial charge in [0.2, 0.25) is 17.7 Å². The highest BCUT2D eigenvalue weighted by Crippen LogP contribution is 2.52. The molecule has 1 saturated carbocycles. The lowest BCUT2D eigenvalue weighted by molar-refractivity contribution is -0.118. The SMILES string of the molecule is Cc1ccc2c(NC(=O)[C@H]3CC3(C)C)cccc2c1Oc1ncccc1-c1ccnc(NC2CCCN(C(=O)OC(C)(C)C)C2)n1. The van der Waals surface area contributed by atoms with E-state index >= 15 is 0 Å².